The van der Waals surface area contributed by atoms with Crippen molar-refractivity contribution >= 4 is 59.8 Å². The van der Waals surface area contributed by atoms with Crippen molar-refractivity contribution < 1.29 is 42.9 Å². The fourth-order valence-electron chi connectivity index (χ4n) is 3.86. The highest BCUT2D eigenvalue weighted by molar-refractivity contribution is 7.71. The lowest BCUT2D eigenvalue weighted by Gasteiger charge is -2.44. The minimum atomic E-state index is -1.46. The first-order chi connectivity index (χ1) is 18.8. The Hall–Kier alpha value is -3.88. The number of hydrogen-bond acceptors (Lipinski definition) is 12. The van der Waals surface area contributed by atoms with E-state index in [2.05, 4.69) is 10.1 Å². The molecule has 0 bridgehead atoms. The van der Waals surface area contributed by atoms with Crippen molar-refractivity contribution in [1.82, 2.24) is 14.8 Å². The van der Waals surface area contributed by atoms with Crippen LogP contribution in [-0.2, 0) is 42.9 Å². The van der Waals surface area contributed by atoms with Crippen LogP contribution in [0.1, 0.15) is 45.2 Å². The van der Waals surface area contributed by atoms with Crippen molar-refractivity contribution in [3.63, 3.8) is 0 Å². The van der Waals surface area contributed by atoms with E-state index in [0.29, 0.717) is 10.6 Å². The summed E-state index contributed by atoms with van der Waals surface area (Å²) in [5, 5.41) is 4.83. The molecule has 0 unspecified atom stereocenters. The molecule has 1 aliphatic rings. The van der Waals surface area contributed by atoms with Crippen LogP contribution in [0.15, 0.2) is 29.1 Å². The Morgan fingerprint density at radius 1 is 0.950 bits per heavy atom. The van der Waals surface area contributed by atoms with Gasteiger partial charge in [-0.05, 0) is 36.0 Å². The molecule has 2 heterocycles. The van der Waals surface area contributed by atoms with Crippen molar-refractivity contribution in [3.05, 3.63) is 55.7 Å². The molecule has 1 aromatic heterocycles. The van der Waals surface area contributed by atoms with Gasteiger partial charge in [0.2, 0.25) is 0 Å². The molecule has 1 aromatic carbocycles. The Morgan fingerprint density at radius 2 is 1.52 bits per heavy atom. The number of nitrogens with one attached hydrogen (secondary N) is 1. The summed E-state index contributed by atoms with van der Waals surface area (Å²) in [5.41, 5.74) is -0.0135. The predicted octanol–water partition coefficient (Wildman–Crippen LogP) is 2.38. The maximum atomic E-state index is 12.7. The van der Waals surface area contributed by atoms with E-state index in [1.807, 2.05) is 0 Å². The number of halogens is 1. The summed E-state index contributed by atoms with van der Waals surface area (Å²) in [6.07, 6.45) is -3.88. The molecule has 2 aromatic rings. The lowest BCUT2D eigenvalue weighted by atomic mass is 9.97. The van der Waals surface area contributed by atoms with Crippen LogP contribution in [0.5, 0.6) is 0 Å². The second-order valence-electron chi connectivity index (χ2n) is 8.56. The summed E-state index contributed by atoms with van der Waals surface area (Å²) < 4.78 is 28.2. The summed E-state index contributed by atoms with van der Waals surface area (Å²) >= 11 is 11.2. The van der Waals surface area contributed by atoms with E-state index in [-0.39, 0.29) is 10.5 Å². The normalized spacial score (nSPS) is 22.4. The molecule has 5 atom stereocenters. The van der Waals surface area contributed by atoms with Crippen LogP contribution in [0.2, 0.25) is 5.02 Å². The van der Waals surface area contributed by atoms with Crippen molar-refractivity contribution in [2.75, 3.05) is 6.61 Å². The summed E-state index contributed by atoms with van der Waals surface area (Å²) in [7, 11) is 0. The third-order valence-corrected chi connectivity index (χ3v) is 5.93. The fourth-order valence-corrected chi connectivity index (χ4v) is 4.22. The zero-order chi connectivity index (χ0) is 29.6. The quantitative estimate of drug-likeness (QED) is 0.269. The average Bonchev–Trinajstić information content (AvgIpc) is 2.85. The van der Waals surface area contributed by atoms with E-state index < -0.39 is 66.7 Å². The average molecular weight is 596 g/mol. The molecule has 1 N–H and O–H groups in total. The first-order valence-corrected chi connectivity index (χ1v) is 12.6. The minimum absolute atomic E-state index is 0.101. The SMILES string of the molecule is CC(=O)OC[C@H]1O[C@@H](n2nc(/C=C/c3ccc(Cl)cc3)c(=O)[nH]c2=S)[C@H](OC(C)=O)[C@@H](OC(C)=O)[C@@H]1OC(C)=O. The maximum absolute atomic E-state index is 12.7. The molecule has 15 heteroatoms. The number of aromatic nitrogens is 3. The van der Waals surface area contributed by atoms with Crippen LogP contribution < -0.4 is 5.56 Å². The third kappa shape index (κ3) is 8.07. The van der Waals surface area contributed by atoms with Crippen LogP contribution in [-0.4, -0.2) is 69.7 Å². The third-order valence-electron chi connectivity index (χ3n) is 5.39. The van der Waals surface area contributed by atoms with Gasteiger partial charge in [0, 0.05) is 32.7 Å². The van der Waals surface area contributed by atoms with Crippen LogP contribution in [0.3, 0.4) is 0 Å². The number of hydrogen-bond donors (Lipinski definition) is 1. The molecule has 0 spiro atoms. The van der Waals surface area contributed by atoms with Crippen molar-refractivity contribution in [2.24, 2.45) is 0 Å². The van der Waals surface area contributed by atoms with Gasteiger partial charge in [0.25, 0.3) is 5.56 Å². The Morgan fingerprint density at radius 3 is 2.10 bits per heavy atom. The number of ether oxygens (including phenoxy) is 5. The van der Waals surface area contributed by atoms with E-state index >= 15 is 0 Å². The lowest BCUT2D eigenvalue weighted by Crippen LogP contribution is -2.61. The van der Waals surface area contributed by atoms with Crippen molar-refractivity contribution in [3.8, 4) is 0 Å². The molecule has 0 amide bonds. The Kier molecular flexibility index (Phi) is 10.3. The van der Waals surface area contributed by atoms with Gasteiger partial charge in [-0.25, -0.2) is 4.68 Å². The van der Waals surface area contributed by atoms with E-state index in [1.165, 1.54) is 6.08 Å². The number of rotatable bonds is 8. The summed E-state index contributed by atoms with van der Waals surface area (Å²) in [6, 6.07) is 6.79. The number of benzene rings is 1. The second kappa shape index (κ2) is 13.5. The minimum Gasteiger partial charge on any atom is -0.463 e. The first-order valence-electron chi connectivity index (χ1n) is 11.8. The molecule has 3 rings (SSSR count). The number of aromatic amines is 1. The van der Waals surface area contributed by atoms with Gasteiger partial charge < -0.3 is 23.7 Å². The van der Waals surface area contributed by atoms with Gasteiger partial charge in [0.15, 0.2) is 29.3 Å². The van der Waals surface area contributed by atoms with Gasteiger partial charge in [0.05, 0.1) is 0 Å². The molecule has 0 saturated carbocycles. The zero-order valence-electron chi connectivity index (χ0n) is 21.8. The number of carbonyl (C=O) groups is 4. The highest BCUT2D eigenvalue weighted by atomic mass is 35.5. The van der Waals surface area contributed by atoms with E-state index in [0.717, 1.165) is 32.4 Å². The van der Waals surface area contributed by atoms with Gasteiger partial charge in [-0.1, -0.05) is 29.8 Å². The van der Waals surface area contributed by atoms with Crippen LogP contribution in [0.25, 0.3) is 12.2 Å². The molecular formula is C25H26ClN3O10S. The molecule has 13 nitrogen and oxygen atoms in total. The van der Waals surface area contributed by atoms with Gasteiger partial charge in [0.1, 0.15) is 18.4 Å². The summed E-state index contributed by atoms with van der Waals surface area (Å²) in [6.45, 7) is 4.04. The van der Waals surface area contributed by atoms with Crippen molar-refractivity contribution in [1.29, 1.82) is 0 Å². The predicted molar refractivity (Wildman–Crippen MR) is 141 cm³/mol. The molecule has 1 fully saturated rings. The molecule has 1 saturated heterocycles. The van der Waals surface area contributed by atoms with E-state index in [9.17, 15) is 24.0 Å². The smallest absolute Gasteiger partial charge is 0.303 e. The maximum Gasteiger partial charge on any atom is 0.303 e. The van der Waals surface area contributed by atoms with Gasteiger partial charge >= 0.3 is 23.9 Å². The van der Waals surface area contributed by atoms with Crippen LogP contribution >= 0.6 is 23.8 Å². The second-order valence-corrected chi connectivity index (χ2v) is 9.39. The molecule has 40 heavy (non-hydrogen) atoms. The number of nitrogens with zero attached hydrogens (tertiary/aromatic N) is 2. The highest BCUT2D eigenvalue weighted by Crippen LogP contribution is 2.34. The largest absolute Gasteiger partial charge is 0.463 e. The first kappa shape index (κ1) is 30.7. The molecule has 214 valence electrons. The lowest BCUT2D eigenvalue weighted by molar-refractivity contribution is -0.271. The molecule has 0 aliphatic carbocycles. The standard InChI is InChI=1S/C25H26ClN3O10S/c1-12(30)35-11-19-20(36-13(2)31)21(37-14(3)32)22(38-15(4)33)24(39-19)29-25(40)27-23(34)18(28-29)10-7-16-5-8-17(26)9-6-16/h5-10,19-22,24H,11H2,1-4H3,(H,27,34,40)/b10-7+/t19-,20-,21+,22-,24-/m1/s1. The van der Waals surface area contributed by atoms with E-state index in [1.54, 1.807) is 30.3 Å². The van der Waals surface area contributed by atoms with Gasteiger partial charge in [-0.3, -0.25) is 29.0 Å². The van der Waals surface area contributed by atoms with Crippen LogP contribution in [0, 0.1) is 4.77 Å². The Bertz CT molecular complexity index is 1420. The monoisotopic (exact) mass is 595 g/mol. The Balaban J connectivity index is 2.13. The molecule has 1 aliphatic heterocycles. The van der Waals surface area contributed by atoms with E-state index in [4.69, 9.17) is 47.5 Å². The molecular weight excluding hydrogens is 570 g/mol. The van der Waals surface area contributed by atoms with Crippen molar-refractivity contribution in [2.45, 2.75) is 58.3 Å². The molecule has 0 radical (unpaired) electrons. The zero-order valence-corrected chi connectivity index (χ0v) is 23.4. The Labute approximate surface area is 238 Å². The van der Waals surface area contributed by atoms with Gasteiger partial charge in [-0.15, -0.1) is 0 Å². The highest BCUT2D eigenvalue weighted by Gasteiger charge is 2.53. The number of carbonyl (C=O) groups excluding carboxylic acids is 4. The van der Waals surface area contributed by atoms with Gasteiger partial charge in [-0.2, -0.15) is 5.10 Å². The topological polar surface area (TPSA) is 165 Å². The van der Waals surface area contributed by atoms with Crippen LogP contribution in [0.4, 0.5) is 0 Å². The summed E-state index contributed by atoms with van der Waals surface area (Å²) in [4.78, 5) is 62.8. The fraction of sp³-hybridized carbons (Fsp3) is 0.400. The summed E-state index contributed by atoms with van der Waals surface area (Å²) in [5.74, 6) is -3.03. The number of H-pyrrole nitrogens is 1. The number of esters is 4.